The molecule has 1 fully saturated rings. The molecule has 0 spiro atoms. The summed E-state index contributed by atoms with van der Waals surface area (Å²) in [5, 5.41) is 18.0. The Labute approximate surface area is 404 Å². The average Bonchev–Trinajstić information content (AvgIpc) is 3.76. The van der Waals surface area contributed by atoms with Crippen molar-refractivity contribution in [3.05, 3.63) is 78.0 Å². The fourth-order valence-corrected chi connectivity index (χ4v) is 7.25. The molecular weight excluding hydrogens is 898 g/mol. The number of amides is 4. The molecule has 0 radical (unpaired) electrons. The Balaban J connectivity index is 0.960. The molecule has 0 saturated carbocycles. The number of alkyl halides is 1. The molecule has 3 aromatic carbocycles. The maximum atomic E-state index is 13.6. The number of alkyl carbamates (subject to hydrolysis) is 2. The molecule has 374 valence electrons. The Morgan fingerprint density at radius 1 is 0.691 bits per heavy atom. The number of anilines is 2. The number of aryl methyl sites for hydroxylation is 1. The zero-order chi connectivity index (χ0) is 47.9. The van der Waals surface area contributed by atoms with Gasteiger partial charge in [-0.2, -0.15) is 5.10 Å². The van der Waals surface area contributed by atoms with E-state index in [1.54, 1.807) is 4.68 Å². The highest BCUT2D eigenvalue weighted by molar-refractivity contribution is 6.17. The lowest BCUT2D eigenvalue weighted by atomic mass is 10.1. The number of aromatic nitrogens is 2. The van der Waals surface area contributed by atoms with Crippen molar-refractivity contribution >= 4 is 52.1 Å². The SMILES string of the molecule is CCCCc1cc(NC(=O)Nc2ccc(OCCN3CCOCC3)c3ccccc23)n(-c2cccc(CNC(=O)OCCOCCOCCOC(=O)NCCOCCOCCCCCCCl)c2)n1. The van der Waals surface area contributed by atoms with Crippen molar-refractivity contribution in [2.24, 2.45) is 0 Å². The third kappa shape index (κ3) is 20.6. The second kappa shape index (κ2) is 32.5. The van der Waals surface area contributed by atoms with Gasteiger partial charge in [0.05, 0.1) is 76.5 Å². The van der Waals surface area contributed by atoms with E-state index < -0.39 is 18.2 Å². The lowest BCUT2D eigenvalue weighted by molar-refractivity contribution is 0.0151. The molecule has 0 bridgehead atoms. The number of halogens is 1. The second-order valence-electron chi connectivity index (χ2n) is 15.8. The number of nitrogens with one attached hydrogen (secondary N) is 4. The topological polar surface area (TPSA) is 194 Å². The first-order valence-electron chi connectivity index (χ1n) is 23.8. The summed E-state index contributed by atoms with van der Waals surface area (Å²) in [6, 6.07) is 20.6. The third-order valence-electron chi connectivity index (χ3n) is 10.6. The monoisotopic (exact) mass is 967 g/mol. The van der Waals surface area contributed by atoms with Crippen LogP contribution in [0.25, 0.3) is 16.5 Å². The van der Waals surface area contributed by atoms with Crippen molar-refractivity contribution in [2.75, 3.05) is 129 Å². The number of morpholine rings is 1. The molecule has 1 aliphatic rings. The minimum Gasteiger partial charge on any atom is -0.492 e. The van der Waals surface area contributed by atoms with Crippen molar-refractivity contribution < 1.29 is 52.3 Å². The third-order valence-corrected chi connectivity index (χ3v) is 10.9. The van der Waals surface area contributed by atoms with E-state index in [1.165, 1.54) is 0 Å². The summed E-state index contributed by atoms with van der Waals surface area (Å²) in [6.45, 7) is 10.4. The van der Waals surface area contributed by atoms with Gasteiger partial charge in [-0.1, -0.05) is 62.6 Å². The van der Waals surface area contributed by atoms with Gasteiger partial charge in [0, 0.05) is 62.0 Å². The van der Waals surface area contributed by atoms with Gasteiger partial charge in [-0.3, -0.25) is 10.2 Å². The quantitative estimate of drug-likeness (QED) is 0.0271. The van der Waals surface area contributed by atoms with Gasteiger partial charge in [0.2, 0.25) is 0 Å². The summed E-state index contributed by atoms with van der Waals surface area (Å²) in [4.78, 5) is 40.2. The maximum Gasteiger partial charge on any atom is 0.407 e. The number of ether oxygens (including phenoxy) is 8. The normalized spacial score (nSPS) is 12.7. The Hall–Kier alpha value is -5.21. The first-order valence-corrected chi connectivity index (χ1v) is 24.4. The molecule has 4 N–H and O–H groups in total. The molecule has 4 aromatic rings. The van der Waals surface area contributed by atoms with Crippen LogP contribution < -0.4 is 26.0 Å². The number of hydrogen-bond donors (Lipinski definition) is 4. The van der Waals surface area contributed by atoms with E-state index in [-0.39, 0.29) is 46.2 Å². The van der Waals surface area contributed by atoms with Crippen molar-refractivity contribution in [3.8, 4) is 11.4 Å². The van der Waals surface area contributed by atoms with Crippen LogP contribution in [0.3, 0.4) is 0 Å². The summed E-state index contributed by atoms with van der Waals surface area (Å²) in [6.07, 6.45) is 5.86. The highest BCUT2D eigenvalue weighted by Crippen LogP contribution is 2.32. The van der Waals surface area contributed by atoms with E-state index in [2.05, 4.69) is 33.1 Å². The van der Waals surface area contributed by atoms with E-state index in [9.17, 15) is 14.4 Å². The van der Waals surface area contributed by atoms with Crippen LogP contribution in [0.1, 0.15) is 56.7 Å². The molecule has 0 atom stereocenters. The van der Waals surface area contributed by atoms with Crippen molar-refractivity contribution in [2.45, 2.75) is 58.4 Å². The van der Waals surface area contributed by atoms with Crippen LogP contribution in [-0.2, 0) is 46.1 Å². The molecule has 1 aromatic heterocycles. The molecule has 1 saturated heterocycles. The summed E-state index contributed by atoms with van der Waals surface area (Å²) < 4.78 is 45.6. The van der Waals surface area contributed by atoms with E-state index in [0.717, 1.165) is 106 Å². The van der Waals surface area contributed by atoms with Crippen LogP contribution in [0.2, 0.25) is 0 Å². The lowest BCUT2D eigenvalue weighted by Crippen LogP contribution is -2.38. The van der Waals surface area contributed by atoms with Crippen molar-refractivity contribution in [1.82, 2.24) is 25.3 Å². The van der Waals surface area contributed by atoms with Crippen LogP contribution in [0.15, 0.2) is 66.7 Å². The summed E-state index contributed by atoms with van der Waals surface area (Å²) >= 11 is 5.67. The number of urea groups is 1. The van der Waals surface area contributed by atoms with Gasteiger partial charge < -0.3 is 53.8 Å². The van der Waals surface area contributed by atoms with Crippen molar-refractivity contribution in [3.63, 3.8) is 0 Å². The molecule has 5 rings (SSSR count). The van der Waals surface area contributed by atoms with E-state index in [1.807, 2.05) is 66.7 Å². The Bertz CT molecular complexity index is 2070. The highest BCUT2D eigenvalue weighted by Gasteiger charge is 2.16. The zero-order valence-corrected chi connectivity index (χ0v) is 40.2. The molecule has 0 aliphatic carbocycles. The highest BCUT2D eigenvalue weighted by atomic mass is 35.5. The number of benzene rings is 3. The molecule has 0 unspecified atom stereocenters. The standard InChI is InChI=1S/C49H70ClN7O11/c1-2-3-12-40-37-46(54-47(58)53-44-16-17-45(43-15-7-6-14-42(43)44)66-27-22-56-20-25-63-26-21-56)57(55-40)41-13-10-11-39(36-41)38-52-49(60)68-35-33-65-31-30-64-32-34-67-48(59)51-19-24-62-29-28-61-23-9-5-4-8-18-50/h6-7,10-11,13-17,36-37H,2-5,8-9,12,18-35,38H2,1H3,(H,51,59)(H,52,60)(H2,53,54,58). The minimum atomic E-state index is -0.591. The van der Waals surface area contributed by atoms with Gasteiger partial charge in [-0.05, 0) is 55.5 Å². The first-order chi connectivity index (χ1) is 33.4. The fourth-order valence-electron chi connectivity index (χ4n) is 7.06. The fraction of sp³-hybridized carbons (Fsp3) is 0.551. The number of carbonyl (C=O) groups excluding carboxylic acids is 3. The van der Waals surface area contributed by atoms with Gasteiger partial charge in [0.25, 0.3) is 0 Å². The van der Waals surface area contributed by atoms with Crippen LogP contribution in [0.4, 0.5) is 25.9 Å². The molecular formula is C49H70ClN7O11. The molecule has 1 aliphatic heterocycles. The van der Waals surface area contributed by atoms with Crippen LogP contribution in [0, 0.1) is 0 Å². The van der Waals surface area contributed by atoms with E-state index in [0.29, 0.717) is 62.7 Å². The van der Waals surface area contributed by atoms with Gasteiger partial charge in [-0.15, -0.1) is 11.6 Å². The summed E-state index contributed by atoms with van der Waals surface area (Å²) in [5.41, 5.74) is 3.01. The summed E-state index contributed by atoms with van der Waals surface area (Å²) in [5.74, 6) is 1.96. The molecule has 2 heterocycles. The number of hydrogen-bond acceptors (Lipinski definition) is 13. The average molecular weight is 969 g/mol. The number of nitrogens with zero attached hydrogens (tertiary/aromatic N) is 3. The van der Waals surface area contributed by atoms with E-state index in [4.69, 9.17) is 54.6 Å². The van der Waals surface area contributed by atoms with Crippen molar-refractivity contribution in [1.29, 1.82) is 0 Å². The molecule has 18 nitrogen and oxygen atoms in total. The molecule has 4 amide bonds. The van der Waals surface area contributed by atoms with Gasteiger partial charge in [0.15, 0.2) is 0 Å². The number of fused-ring (bicyclic) bond motifs is 1. The number of rotatable bonds is 33. The van der Waals surface area contributed by atoms with Crippen LogP contribution >= 0.6 is 11.6 Å². The van der Waals surface area contributed by atoms with Gasteiger partial charge >= 0.3 is 18.2 Å². The van der Waals surface area contributed by atoms with Gasteiger partial charge in [0.1, 0.15) is 31.4 Å². The smallest absolute Gasteiger partial charge is 0.407 e. The lowest BCUT2D eigenvalue weighted by Gasteiger charge is -2.26. The second-order valence-corrected chi connectivity index (χ2v) is 16.2. The minimum absolute atomic E-state index is 0.0509. The van der Waals surface area contributed by atoms with E-state index >= 15 is 0 Å². The summed E-state index contributed by atoms with van der Waals surface area (Å²) in [7, 11) is 0. The van der Waals surface area contributed by atoms with Crippen LogP contribution in [-0.4, -0.2) is 151 Å². The van der Waals surface area contributed by atoms with Crippen LogP contribution in [0.5, 0.6) is 5.75 Å². The zero-order valence-electron chi connectivity index (χ0n) is 39.4. The maximum absolute atomic E-state index is 13.6. The van der Waals surface area contributed by atoms with Gasteiger partial charge in [-0.25, -0.2) is 19.1 Å². The number of unbranched alkanes of at least 4 members (excludes halogenated alkanes) is 4. The Morgan fingerprint density at radius 3 is 2.13 bits per heavy atom. The Kier molecular flexibility index (Phi) is 25.7. The molecule has 19 heteroatoms. The molecule has 68 heavy (non-hydrogen) atoms. The predicted octanol–water partition coefficient (Wildman–Crippen LogP) is 7.54. The number of carbonyl (C=O) groups is 3. The largest absolute Gasteiger partial charge is 0.492 e. The first kappa shape index (κ1) is 53.7. The Morgan fingerprint density at radius 2 is 1.38 bits per heavy atom. The predicted molar refractivity (Wildman–Crippen MR) is 262 cm³/mol.